The lowest BCUT2D eigenvalue weighted by Gasteiger charge is -2.05. The van der Waals surface area contributed by atoms with E-state index in [1.165, 1.54) is 0 Å². The Bertz CT molecular complexity index is 577. The molecule has 0 saturated carbocycles. The molecule has 5 heteroatoms. The predicted octanol–water partition coefficient (Wildman–Crippen LogP) is 2.10. The van der Waals surface area contributed by atoms with Gasteiger partial charge in [-0.2, -0.15) is 5.10 Å². The molecule has 1 unspecified atom stereocenters. The molecular weight excluding hydrogens is 246 g/mol. The number of hydrogen-bond acceptors (Lipinski definition) is 3. The quantitative estimate of drug-likeness (QED) is 0.859. The second-order valence-corrected chi connectivity index (χ2v) is 5.61. The van der Waals surface area contributed by atoms with Gasteiger partial charge in [0.1, 0.15) is 0 Å². The van der Waals surface area contributed by atoms with E-state index >= 15 is 0 Å². The highest BCUT2D eigenvalue weighted by molar-refractivity contribution is 7.84. The summed E-state index contributed by atoms with van der Waals surface area (Å²) in [7, 11) is -1.08. The Balaban J connectivity index is 2.21. The van der Waals surface area contributed by atoms with E-state index < -0.39 is 10.8 Å². The van der Waals surface area contributed by atoms with Crippen LogP contribution in [0.5, 0.6) is 0 Å². The Kier molecular flexibility index (Phi) is 3.81. The number of benzene rings is 1. The number of nitrogens with zero attached hydrogens (tertiary/aromatic N) is 2. The maximum Gasteiger partial charge on any atom is 0.0702 e. The molecule has 2 N–H and O–H groups in total. The van der Waals surface area contributed by atoms with Gasteiger partial charge in [-0.1, -0.05) is 6.07 Å². The molecule has 0 radical (unpaired) electrons. The maximum atomic E-state index is 12.3. The first-order chi connectivity index (χ1) is 8.60. The SMILES string of the molecule is CCn1nc(C)cc1CS(=O)c1cccc(N)c1. The molecule has 2 rings (SSSR count). The molecule has 18 heavy (non-hydrogen) atoms. The molecule has 1 aromatic heterocycles. The zero-order valence-corrected chi connectivity index (χ0v) is 11.4. The molecule has 1 atom stereocenters. The van der Waals surface area contributed by atoms with Crippen molar-refractivity contribution in [3.8, 4) is 0 Å². The maximum absolute atomic E-state index is 12.3. The zero-order valence-electron chi connectivity index (χ0n) is 10.6. The van der Waals surface area contributed by atoms with Crippen LogP contribution < -0.4 is 5.73 Å². The van der Waals surface area contributed by atoms with Crippen LogP contribution in [0.2, 0.25) is 0 Å². The molecular formula is C13H17N3OS. The third-order valence-corrected chi connectivity index (χ3v) is 4.02. The third kappa shape index (κ3) is 2.79. The van der Waals surface area contributed by atoms with E-state index in [4.69, 9.17) is 5.73 Å². The molecule has 0 fully saturated rings. The van der Waals surface area contributed by atoms with Crippen LogP contribution >= 0.6 is 0 Å². The summed E-state index contributed by atoms with van der Waals surface area (Å²) < 4.78 is 14.1. The number of hydrogen-bond donors (Lipinski definition) is 1. The van der Waals surface area contributed by atoms with Gasteiger partial charge in [0.2, 0.25) is 0 Å². The van der Waals surface area contributed by atoms with Crippen molar-refractivity contribution in [1.29, 1.82) is 0 Å². The van der Waals surface area contributed by atoms with E-state index in [9.17, 15) is 4.21 Å². The van der Waals surface area contributed by atoms with E-state index in [0.717, 1.165) is 22.8 Å². The molecule has 1 aromatic carbocycles. The lowest BCUT2D eigenvalue weighted by molar-refractivity contribution is 0.627. The van der Waals surface area contributed by atoms with E-state index in [0.29, 0.717) is 11.4 Å². The van der Waals surface area contributed by atoms with Crippen molar-refractivity contribution in [2.45, 2.75) is 31.0 Å². The molecule has 0 aliphatic rings. The van der Waals surface area contributed by atoms with Gasteiger partial charge in [0.15, 0.2) is 0 Å². The summed E-state index contributed by atoms with van der Waals surface area (Å²) >= 11 is 0. The monoisotopic (exact) mass is 263 g/mol. The number of nitrogens with two attached hydrogens (primary N) is 1. The summed E-state index contributed by atoms with van der Waals surface area (Å²) in [6, 6.07) is 9.20. The summed E-state index contributed by atoms with van der Waals surface area (Å²) in [6.07, 6.45) is 0. The Morgan fingerprint density at radius 3 is 2.83 bits per heavy atom. The highest BCUT2D eigenvalue weighted by atomic mass is 32.2. The first-order valence-electron chi connectivity index (χ1n) is 5.87. The van der Waals surface area contributed by atoms with Crippen LogP contribution in [0.1, 0.15) is 18.3 Å². The summed E-state index contributed by atoms with van der Waals surface area (Å²) in [4.78, 5) is 0.761. The summed E-state index contributed by atoms with van der Waals surface area (Å²) in [5.74, 6) is 0.470. The van der Waals surface area contributed by atoms with Crippen LogP contribution in [0.4, 0.5) is 5.69 Å². The Labute approximate surface area is 109 Å². The molecule has 0 bridgehead atoms. The van der Waals surface area contributed by atoms with E-state index in [-0.39, 0.29) is 0 Å². The standard InChI is InChI=1S/C13H17N3OS/c1-3-16-12(7-10(2)15-16)9-18(17)13-6-4-5-11(14)8-13/h4-8H,3,9,14H2,1-2H3. The third-order valence-electron chi connectivity index (χ3n) is 2.68. The average molecular weight is 263 g/mol. The molecule has 0 spiro atoms. The highest BCUT2D eigenvalue weighted by Gasteiger charge is 2.10. The fourth-order valence-corrected chi connectivity index (χ4v) is 3.03. The largest absolute Gasteiger partial charge is 0.399 e. The predicted molar refractivity (Wildman–Crippen MR) is 73.6 cm³/mol. The first-order valence-corrected chi connectivity index (χ1v) is 7.19. The minimum atomic E-state index is -1.08. The topological polar surface area (TPSA) is 60.9 Å². The van der Waals surface area contributed by atoms with E-state index in [1.807, 2.05) is 36.7 Å². The van der Waals surface area contributed by atoms with Crippen LogP contribution in [-0.2, 0) is 23.1 Å². The van der Waals surface area contributed by atoms with Crippen LogP contribution in [-0.4, -0.2) is 14.0 Å². The molecule has 2 aromatic rings. The molecule has 4 nitrogen and oxygen atoms in total. The van der Waals surface area contributed by atoms with Crippen molar-refractivity contribution in [3.05, 3.63) is 41.7 Å². The van der Waals surface area contributed by atoms with Gasteiger partial charge in [-0.15, -0.1) is 0 Å². The number of rotatable bonds is 4. The Morgan fingerprint density at radius 1 is 1.39 bits per heavy atom. The number of aryl methyl sites for hydroxylation is 2. The second kappa shape index (κ2) is 5.35. The second-order valence-electron chi connectivity index (χ2n) is 4.16. The van der Waals surface area contributed by atoms with Gasteiger partial charge in [0.05, 0.1) is 27.9 Å². The molecule has 0 aliphatic carbocycles. The van der Waals surface area contributed by atoms with Crippen LogP contribution in [0.3, 0.4) is 0 Å². The van der Waals surface area contributed by atoms with Gasteiger partial charge in [-0.3, -0.25) is 8.89 Å². The van der Waals surface area contributed by atoms with Crippen molar-refractivity contribution in [1.82, 2.24) is 9.78 Å². The average Bonchev–Trinajstić information content (AvgIpc) is 2.69. The molecule has 96 valence electrons. The van der Waals surface area contributed by atoms with Crippen molar-refractivity contribution >= 4 is 16.5 Å². The van der Waals surface area contributed by atoms with Crippen molar-refractivity contribution in [2.75, 3.05) is 5.73 Å². The molecule has 0 aliphatic heterocycles. The lowest BCUT2D eigenvalue weighted by Crippen LogP contribution is -2.06. The Morgan fingerprint density at radius 2 is 2.17 bits per heavy atom. The number of anilines is 1. The van der Waals surface area contributed by atoms with Gasteiger partial charge in [-0.25, -0.2) is 0 Å². The molecule has 0 amide bonds. The lowest BCUT2D eigenvalue weighted by atomic mass is 10.3. The van der Waals surface area contributed by atoms with Gasteiger partial charge >= 0.3 is 0 Å². The normalized spacial score (nSPS) is 12.6. The fourth-order valence-electron chi connectivity index (χ4n) is 1.86. The molecule has 1 heterocycles. The minimum Gasteiger partial charge on any atom is -0.399 e. The van der Waals surface area contributed by atoms with Crippen molar-refractivity contribution < 1.29 is 4.21 Å². The van der Waals surface area contributed by atoms with Crippen molar-refractivity contribution in [2.24, 2.45) is 0 Å². The van der Waals surface area contributed by atoms with Gasteiger partial charge in [0.25, 0.3) is 0 Å². The Hall–Kier alpha value is -1.62. The van der Waals surface area contributed by atoms with Crippen LogP contribution in [0.25, 0.3) is 0 Å². The van der Waals surface area contributed by atoms with E-state index in [1.54, 1.807) is 12.1 Å². The molecule has 0 saturated heterocycles. The number of nitrogen functional groups attached to an aromatic ring is 1. The van der Waals surface area contributed by atoms with Crippen molar-refractivity contribution in [3.63, 3.8) is 0 Å². The van der Waals surface area contributed by atoms with Crippen LogP contribution in [0.15, 0.2) is 35.2 Å². The van der Waals surface area contributed by atoms with Crippen LogP contribution in [0, 0.1) is 6.92 Å². The van der Waals surface area contributed by atoms with Gasteiger partial charge < -0.3 is 5.73 Å². The zero-order chi connectivity index (χ0) is 13.1. The fraction of sp³-hybridized carbons (Fsp3) is 0.308. The first kappa shape index (κ1) is 12.8. The summed E-state index contributed by atoms with van der Waals surface area (Å²) in [6.45, 7) is 4.76. The smallest absolute Gasteiger partial charge is 0.0702 e. The number of aromatic nitrogens is 2. The van der Waals surface area contributed by atoms with E-state index in [2.05, 4.69) is 5.10 Å². The highest BCUT2D eigenvalue weighted by Crippen LogP contribution is 2.15. The van der Waals surface area contributed by atoms with Gasteiger partial charge in [-0.05, 0) is 38.1 Å². The summed E-state index contributed by atoms with van der Waals surface area (Å²) in [5.41, 5.74) is 8.29. The minimum absolute atomic E-state index is 0.470. The van der Waals surface area contributed by atoms with Gasteiger partial charge in [0, 0.05) is 17.1 Å². The summed E-state index contributed by atoms with van der Waals surface area (Å²) in [5, 5.41) is 4.35.